The highest BCUT2D eigenvalue weighted by atomic mass is 16.7. The standard InChI is InChI=1S/C56H102N4O12/c1-21-25-65-57-49(5,6)31-39(32-50(57,7)8)69-45(61)29-43(47(63)71-41-35-53(13,14)59(67-27-23-3)54(15,16)36-41)44(48(64)72-42-37-55(17,18)60(68-28-24-4)56(19,20)38-42)30-46(62)70-40-33-51(9,10)58(66-26-22-2)52(11,12)34-40/h39-44H,21-38H2,1-20H3. The van der Waals surface area contributed by atoms with Crippen LogP contribution in [0.1, 0.15) is 228 Å². The molecule has 4 heterocycles. The number of esters is 4. The van der Waals surface area contributed by atoms with E-state index in [9.17, 15) is 9.59 Å². The summed E-state index contributed by atoms with van der Waals surface area (Å²) in [7, 11) is 0. The Bertz CT molecular complexity index is 1610. The van der Waals surface area contributed by atoms with E-state index in [2.05, 4.69) is 138 Å². The largest absolute Gasteiger partial charge is 0.462 e. The van der Waals surface area contributed by atoms with Crippen LogP contribution in [-0.2, 0) is 57.5 Å². The van der Waals surface area contributed by atoms with Gasteiger partial charge in [0.15, 0.2) is 0 Å². The van der Waals surface area contributed by atoms with Crippen LogP contribution < -0.4 is 0 Å². The highest BCUT2D eigenvalue weighted by Gasteiger charge is 2.54. The van der Waals surface area contributed by atoms with Crippen molar-refractivity contribution in [2.75, 3.05) is 26.4 Å². The molecule has 72 heavy (non-hydrogen) atoms. The van der Waals surface area contributed by atoms with Crippen LogP contribution in [0.3, 0.4) is 0 Å². The van der Waals surface area contributed by atoms with Crippen molar-refractivity contribution in [1.29, 1.82) is 0 Å². The Labute approximate surface area is 435 Å². The molecule has 2 atom stereocenters. The van der Waals surface area contributed by atoms with E-state index in [1.165, 1.54) is 0 Å². The van der Waals surface area contributed by atoms with Gasteiger partial charge in [-0.05, 0) is 136 Å². The van der Waals surface area contributed by atoms with Gasteiger partial charge in [-0.1, -0.05) is 27.7 Å². The van der Waals surface area contributed by atoms with Gasteiger partial charge in [-0.3, -0.25) is 38.5 Å². The van der Waals surface area contributed by atoms with Gasteiger partial charge in [0.25, 0.3) is 0 Å². The molecular formula is C56H102N4O12. The topological polar surface area (TPSA) is 155 Å². The zero-order chi connectivity index (χ0) is 54.5. The number of hydroxylamine groups is 8. The number of hydrogen-bond donors (Lipinski definition) is 0. The molecule has 0 N–H and O–H groups in total. The normalized spacial score (nSPS) is 25.6. The van der Waals surface area contributed by atoms with Crippen molar-refractivity contribution < 1.29 is 57.5 Å². The van der Waals surface area contributed by atoms with Crippen LogP contribution >= 0.6 is 0 Å². The Morgan fingerprint density at radius 1 is 0.347 bits per heavy atom. The average Bonchev–Trinajstić information content (AvgIpc) is 3.18. The van der Waals surface area contributed by atoms with E-state index in [4.69, 9.17) is 38.3 Å². The maximum absolute atomic E-state index is 15.2. The first kappa shape index (κ1) is 62.1. The van der Waals surface area contributed by atoms with Crippen LogP contribution in [0, 0.1) is 11.8 Å². The Hall–Kier alpha value is -2.44. The van der Waals surface area contributed by atoms with Crippen LogP contribution in [0.5, 0.6) is 0 Å². The van der Waals surface area contributed by atoms with Crippen molar-refractivity contribution in [3.05, 3.63) is 0 Å². The first-order valence-corrected chi connectivity index (χ1v) is 27.6. The molecule has 0 bridgehead atoms. The lowest BCUT2D eigenvalue weighted by atomic mass is 9.79. The third-order valence-corrected chi connectivity index (χ3v) is 14.9. The Kier molecular flexibility index (Phi) is 20.9. The van der Waals surface area contributed by atoms with Gasteiger partial charge in [-0.2, -0.15) is 20.3 Å². The summed E-state index contributed by atoms with van der Waals surface area (Å²) in [4.78, 5) is 84.7. The maximum Gasteiger partial charge on any atom is 0.310 e. The van der Waals surface area contributed by atoms with E-state index >= 15 is 9.59 Å². The molecule has 4 saturated heterocycles. The van der Waals surface area contributed by atoms with Gasteiger partial charge < -0.3 is 18.9 Å². The van der Waals surface area contributed by atoms with Crippen molar-refractivity contribution in [2.24, 2.45) is 11.8 Å². The quantitative estimate of drug-likeness (QED) is 0.0703. The summed E-state index contributed by atoms with van der Waals surface area (Å²) < 4.78 is 25.7. The minimum atomic E-state index is -1.45. The zero-order valence-corrected chi connectivity index (χ0v) is 48.9. The number of carbonyl (C=O) groups excluding carboxylic acids is 4. The number of rotatable bonds is 23. The van der Waals surface area contributed by atoms with Gasteiger partial charge in [0.1, 0.15) is 24.4 Å². The van der Waals surface area contributed by atoms with Crippen molar-refractivity contribution in [3.8, 4) is 0 Å². The SMILES string of the molecule is CCCON1C(C)(C)CC(OC(=O)CC(C(=O)OC2CC(C)(C)N(OCCC)C(C)(C)C2)C(CC(=O)OC2CC(C)(C)N(OCCC)C(C)(C)C2)C(=O)OC2CC(C)(C)N(OCCC)C(C)(C)C2)CC1(C)C. The first-order valence-electron chi connectivity index (χ1n) is 27.6. The molecule has 0 aromatic heterocycles. The van der Waals surface area contributed by atoms with Gasteiger partial charge in [-0.25, -0.2) is 0 Å². The number of hydrogen-bond acceptors (Lipinski definition) is 16. The molecule has 0 amide bonds. The molecule has 0 saturated carbocycles. The predicted octanol–water partition coefficient (Wildman–Crippen LogP) is 10.6. The van der Waals surface area contributed by atoms with Gasteiger partial charge in [-0.15, -0.1) is 0 Å². The molecule has 0 aliphatic carbocycles. The van der Waals surface area contributed by atoms with Crippen LogP contribution in [0.15, 0.2) is 0 Å². The Balaban J connectivity index is 1.75. The van der Waals surface area contributed by atoms with Gasteiger partial charge in [0, 0.05) is 95.7 Å². The zero-order valence-electron chi connectivity index (χ0n) is 48.9. The lowest BCUT2D eigenvalue weighted by Gasteiger charge is -2.53. The van der Waals surface area contributed by atoms with E-state index in [-0.39, 0.29) is 0 Å². The number of piperidine rings is 4. The van der Waals surface area contributed by atoms with Gasteiger partial charge in [0.2, 0.25) is 0 Å². The van der Waals surface area contributed by atoms with Crippen molar-refractivity contribution in [2.45, 2.75) is 297 Å². The Morgan fingerprint density at radius 3 is 0.708 bits per heavy atom. The minimum absolute atomic E-state index is 0.429. The molecule has 0 aromatic carbocycles. The number of ether oxygens (including phenoxy) is 4. The van der Waals surface area contributed by atoms with E-state index in [1.807, 2.05) is 20.3 Å². The molecule has 4 rings (SSSR count). The molecule has 0 spiro atoms. The smallest absolute Gasteiger partial charge is 0.310 e. The molecule has 16 heteroatoms. The van der Waals surface area contributed by atoms with Crippen LogP contribution in [0.2, 0.25) is 0 Å². The highest BCUT2D eigenvalue weighted by Crippen LogP contribution is 2.45. The molecule has 4 aliphatic rings. The van der Waals surface area contributed by atoms with Crippen molar-refractivity contribution >= 4 is 23.9 Å². The molecule has 418 valence electrons. The summed E-state index contributed by atoms with van der Waals surface area (Å²) in [5.74, 6) is -5.76. The summed E-state index contributed by atoms with van der Waals surface area (Å²) in [6.07, 6.45) is 3.72. The molecule has 4 aliphatic heterocycles. The van der Waals surface area contributed by atoms with E-state index in [0.717, 1.165) is 25.7 Å². The number of nitrogens with zero attached hydrogens (tertiary/aromatic N) is 4. The molecular weight excluding hydrogens is 921 g/mol. The van der Waals surface area contributed by atoms with E-state index < -0.39 is 117 Å². The second-order valence-corrected chi connectivity index (χ2v) is 26.6. The van der Waals surface area contributed by atoms with Gasteiger partial charge in [0.05, 0.1) is 51.1 Å². The molecule has 4 fully saturated rings. The summed E-state index contributed by atoms with van der Waals surface area (Å²) in [6.45, 7) is 43.4. The second kappa shape index (κ2) is 24.3. The fourth-order valence-corrected chi connectivity index (χ4v) is 13.3. The maximum atomic E-state index is 15.2. The van der Waals surface area contributed by atoms with E-state index in [0.29, 0.717) is 77.8 Å². The fourth-order valence-electron chi connectivity index (χ4n) is 13.3. The van der Waals surface area contributed by atoms with E-state index in [1.54, 1.807) is 0 Å². The molecule has 0 radical (unpaired) electrons. The Morgan fingerprint density at radius 2 is 0.528 bits per heavy atom. The van der Waals surface area contributed by atoms with Crippen LogP contribution in [-0.4, -0.2) is 139 Å². The summed E-state index contributed by atoms with van der Waals surface area (Å²) in [5.41, 5.74) is -4.14. The lowest BCUT2D eigenvalue weighted by molar-refractivity contribution is -0.294. The minimum Gasteiger partial charge on any atom is -0.462 e. The lowest BCUT2D eigenvalue weighted by Crippen LogP contribution is -2.62. The summed E-state index contributed by atoms with van der Waals surface area (Å²) in [6, 6.07) is 0. The monoisotopic (exact) mass is 1020 g/mol. The third kappa shape index (κ3) is 15.8. The fraction of sp³-hybridized carbons (Fsp3) is 0.929. The van der Waals surface area contributed by atoms with Crippen LogP contribution in [0.25, 0.3) is 0 Å². The predicted molar refractivity (Wildman–Crippen MR) is 278 cm³/mol. The molecule has 2 unspecified atom stereocenters. The first-order chi connectivity index (χ1) is 33.1. The summed E-state index contributed by atoms with van der Waals surface area (Å²) in [5, 5.41) is 8.04. The summed E-state index contributed by atoms with van der Waals surface area (Å²) >= 11 is 0. The van der Waals surface area contributed by atoms with Crippen LogP contribution in [0.4, 0.5) is 0 Å². The number of carbonyl (C=O) groups is 4. The molecule has 0 aromatic rings. The van der Waals surface area contributed by atoms with Crippen molar-refractivity contribution in [1.82, 2.24) is 20.3 Å². The average molecular weight is 1020 g/mol. The van der Waals surface area contributed by atoms with Crippen molar-refractivity contribution in [3.63, 3.8) is 0 Å². The highest BCUT2D eigenvalue weighted by molar-refractivity contribution is 5.89. The molecule has 16 nitrogen and oxygen atoms in total. The second-order valence-electron chi connectivity index (χ2n) is 26.6. The van der Waals surface area contributed by atoms with Gasteiger partial charge >= 0.3 is 23.9 Å². The third-order valence-electron chi connectivity index (χ3n) is 14.9.